The highest BCUT2D eigenvalue weighted by Crippen LogP contribution is 2.25. The first kappa shape index (κ1) is 117. The van der Waals surface area contributed by atoms with Gasteiger partial charge in [0.25, 0.3) is 0 Å². The van der Waals surface area contributed by atoms with Gasteiger partial charge < -0.3 is 88.7 Å². The third-order valence-corrected chi connectivity index (χ3v) is 23.8. The fourth-order valence-corrected chi connectivity index (χ4v) is 16.1. The number of unbranched alkanes of at least 4 members (excludes halogenated alkanes) is 2. The minimum atomic E-state index is -4.65. The molecule has 0 saturated heterocycles. The van der Waals surface area contributed by atoms with Gasteiger partial charge in [0.2, 0.25) is 10.4 Å². The first-order valence-electron chi connectivity index (χ1n) is 49.4. The molecule has 0 unspecified atom stereocenters. The van der Waals surface area contributed by atoms with E-state index < -0.39 is 20.8 Å². The predicted molar refractivity (Wildman–Crippen MR) is 545 cm³/mol. The molecule has 0 saturated carbocycles. The molecule has 14 rings (SSSR count). The van der Waals surface area contributed by atoms with Crippen molar-refractivity contribution in [1.29, 1.82) is 0 Å². The smallest absolute Gasteiger partial charge is 0.397 e. The van der Waals surface area contributed by atoms with E-state index in [1.165, 1.54) is 16.7 Å². The van der Waals surface area contributed by atoms with E-state index in [1.54, 1.807) is 35.6 Å². The van der Waals surface area contributed by atoms with E-state index in [0.29, 0.717) is 131 Å². The van der Waals surface area contributed by atoms with Crippen molar-refractivity contribution in [2.45, 2.75) is 196 Å². The molecule has 0 bridgehead atoms. The van der Waals surface area contributed by atoms with Crippen LogP contribution in [0.3, 0.4) is 0 Å². The van der Waals surface area contributed by atoms with Crippen LogP contribution >= 0.6 is 0 Å². The number of nitrogens with one attached hydrogen (secondary N) is 20. The van der Waals surface area contributed by atoms with Crippen LogP contribution in [0.1, 0.15) is 155 Å². The molecule has 0 atom stereocenters. The van der Waals surface area contributed by atoms with E-state index in [0.717, 1.165) is 132 Å². The van der Waals surface area contributed by atoms with Crippen molar-refractivity contribution in [2.24, 2.45) is 0 Å². The summed E-state index contributed by atoms with van der Waals surface area (Å²) in [4.78, 5) is 9.03. The van der Waals surface area contributed by atoms with Crippen LogP contribution in [0.25, 0.3) is 0 Å². The standard InChI is InChI=1S/C28H48N10O4S.C27H45FN10.C18H34N10O7S.C17H31FN10O3/c1-27(2,3)37-20-25(30-33-37)17-35(18-26-21-38(34-31-26)28(4,5)6)16-24-19-36(32-29-24)15-23-12-10-22(11-13-23)9-7-8-14-42-43(39,40)41;1-26(2,3)37-19-24(30-33-37)16-35(17-25-20-38(34-31-25)27(4,5)6)15-23-18-36(32-29-23)14-22-11-9-21(10-12-22)8-7-13-28;29-5-3-26-12-16(19-22-26)9-25(10-17-13-27(4-6-30)23-20-17)11-18-14-28(24-21-18)15-34-7-1-2-8-35-36(31,32)33;18-2-1-7-31-14-28-13-17(21-24-28)10-25(8-15-11-26(3-5-29)22-19-15)9-16-12-27(4-6-30)23-20-16/h10-13,19-21,29-34H,7-9,14-18H2,1-6H3,(H,39,40,41);9-12,18-20,29-34H,7-8,13-17H2,1-6H3;12-14,19,21-22,24,29-30H,1-11,15H2,(H,31,32,33);11-13,19,21-22,24,29-30H,1-10,14H2/p-1. The molecule has 10 aliphatic rings. The topological polar surface area (TPSA) is 577 Å². The lowest BCUT2D eigenvalue weighted by Gasteiger charge is -2.30. The maximum Gasteiger partial charge on any atom is 0.397 e. The van der Waals surface area contributed by atoms with E-state index in [9.17, 15) is 30.2 Å². The van der Waals surface area contributed by atoms with Crippen LogP contribution in [-0.2, 0) is 90.7 Å². The molecule has 25 N–H and O–H groups in total. The SMILES string of the molecule is CC(C)(C)N1C=C(CN(CC2=CN(Cc3ccc(CCCCOS(=O)(=O)O)cc3)NN2)CC2=CN(C(C)(C)C)NN2)NN1.CC(C)(C)N1C=C(CN(CC2=CN(Cc3ccc(CCCF)cc3)NN2)CC2=CN(C(C)(C)C)NN2)NN1.O=S(=O)([O-])OCCCCOCN1C=C(CN(CC2=CN(CCO)NN2)Cc2cn(CCO)nn2)NN1.OCCN1C=C(CN(CC2=CN(COCCCF)NN2)Cc2cn(CCO)nn2)NN1. The highest BCUT2D eigenvalue weighted by Gasteiger charge is 2.33. The van der Waals surface area contributed by atoms with Gasteiger partial charge in [-0.1, -0.05) is 59.0 Å². The molecule has 828 valence electrons. The van der Waals surface area contributed by atoms with Crippen molar-refractivity contribution in [1.82, 2.24) is 209 Å². The fraction of sp³-hybridized carbons (Fsp3) is 0.600. The number of hydrogen-bond donors (Lipinski definition) is 25. The molecule has 0 radical (unpaired) electrons. The molecule has 12 heterocycles. The summed E-state index contributed by atoms with van der Waals surface area (Å²) < 4.78 is 108. The minimum Gasteiger partial charge on any atom is -0.726 e. The number of β-amino-alcohol motifs (C(OH)–C–C–N with tert-alkyl or cyclic N) is 2. The summed E-state index contributed by atoms with van der Waals surface area (Å²) in [5, 5.41) is 72.3. The molecule has 0 aliphatic carbocycles. The maximum absolute atomic E-state index is 12.5. The van der Waals surface area contributed by atoms with E-state index in [2.05, 4.69) is 352 Å². The van der Waals surface area contributed by atoms with Crippen LogP contribution in [0.4, 0.5) is 8.78 Å². The number of hydrazine groups is 20. The summed E-state index contributed by atoms with van der Waals surface area (Å²) in [5.74, 6) is 0. The van der Waals surface area contributed by atoms with E-state index in [1.807, 2.05) is 36.0 Å². The predicted octanol–water partition coefficient (Wildman–Crippen LogP) is -1.43. The second-order valence-electron chi connectivity index (χ2n) is 40.3. The fourth-order valence-electron chi connectivity index (χ4n) is 15.4. The largest absolute Gasteiger partial charge is 0.726 e. The molecule has 2 aromatic carbocycles. The van der Waals surface area contributed by atoms with E-state index >= 15 is 0 Å². The molecule has 4 aromatic rings. The van der Waals surface area contributed by atoms with Gasteiger partial charge in [-0.05, 0) is 157 Å². The minimum absolute atomic E-state index is 0.00138. The van der Waals surface area contributed by atoms with Crippen LogP contribution in [0.15, 0.2) is 180 Å². The van der Waals surface area contributed by atoms with Crippen molar-refractivity contribution < 1.29 is 73.0 Å². The number of nitrogens with zero attached hydrogens (tertiary/aromatic N) is 20. The molecular formula is C90H157F2N40O14S2-. The average molecular weight is 2130 g/mol. The van der Waals surface area contributed by atoms with Crippen molar-refractivity contribution in [3.63, 3.8) is 0 Å². The van der Waals surface area contributed by atoms with Gasteiger partial charge >= 0.3 is 10.4 Å². The zero-order valence-corrected chi connectivity index (χ0v) is 88.5. The Bertz CT molecular complexity index is 5200. The van der Waals surface area contributed by atoms with Gasteiger partial charge in [-0.25, -0.2) is 22.0 Å². The molecule has 148 heavy (non-hydrogen) atoms. The first-order valence-corrected chi connectivity index (χ1v) is 52.1. The van der Waals surface area contributed by atoms with Gasteiger partial charge in [0.05, 0.1) is 167 Å². The van der Waals surface area contributed by atoms with E-state index in [-0.39, 0.29) is 81.9 Å². The van der Waals surface area contributed by atoms with Gasteiger partial charge in [0.15, 0.2) is 0 Å². The Morgan fingerprint density at radius 2 is 0.601 bits per heavy atom. The molecule has 0 fully saturated rings. The third-order valence-electron chi connectivity index (χ3n) is 22.9. The molecule has 2 aromatic heterocycles. The monoisotopic (exact) mass is 2120 g/mol. The number of rotatable bonds is 58. The summed E-state index contributed by atoms with van der Waals surface area (Å²) in [6, 6.07) is 16.8. The lowest BCUT2D eigenvalue weighted by molar-refractivity contribution is 0.0268. The van der Waals surface area contributed by atoms with Crippen molar-refractivity contribution in [3.05, 3.63) is 214 Å². The number of aliphatic hydroxyl groups excluding tert-OH is 4. The van der Waals surface area contributed by atoms with Crippen LogP contribution in [0.5, 0.6) is 0 Å². The molecule has 54 nitrogen and oxygen atoms in total. The average Bonchev–Trinajstić information content (AvgIpc) is 1.70. The number of hydrogen-bond acceptors (Lipinski definition) is 51. The van der Waals surface area contributed by atoms with Gasteiger partial charge in [-0.2, -0.15) is 8.42 Å². The van der Waals surface area contributed by atoms with Crippen molar-refractivity contribution >= 4 is 20.8 Å². The highest BCUT2D eigenvalue weighted by atomic mass is 32.3. The molecule has 10 aliphatic heterocycles. The summed E-state index contributed by atoms with van der Waals surface area (Å²) in [6.45, 7) is 37.2. The zero-order chi connectivity index (χ0) is 106. The number of aliphatic hydroxyl groups is 4. The number of ether oxygens (including phenoxy) is 2. The first-order chi connectivity index (χ1) is 70.7. The Morgan fingerprint density at radius 1 is 0.331 bits per heavy atom. The van der Waals surface area contributed by atoms with Gasteiger partial charge in [0, 0.05) is 182 Å². The normalized spacial score (nSPS) is 16.9. The van der Waals surface area contributed by atoms with Crippen LogP contribution in [0.2, 0.25) is 0 Å². The second kappa shape index (κ2) is 57.8. The summed E-state index contributed by atoms with van der Waals surface area (Å²) in [5.41, 5.74) is 80.1. The maximum atomic E-state index is 12.5. The number of aryl methyl sites for hydroxylation is 2. The molecular weight excluding hydrogens is 1970 g/mol. The number of alkyl halides is 2. The Hall–Kier alpha value is -11.1. The number of aromatic nitrogens is 6. The van der Waals surface area contributed by atoms with Crippen molar-refractivity contribution in [3.8, 4) is 0 Å². The summed E-state index contributed by atoms with van der Waals surface area (Å²) in [6.07, 6.45) is 28.7. The number of benzene rings is 2. The second-order valence-corrected chi connectivity index (χ2v) is 42.4. The van der Waals surface area contributed by atoms with E-state index in [4.69, 9.17) is 34.5 Å². The quantitative estimate of drug-likeness (QED) is 0.0137. The molecule has 0 amide bonds. The Morgan fingerprint density at radius 3 is 0.919 bits per heavy atom. The van der Waals surface area contributed by atoms with Gasteiger partial charge in [-0.3, -0.25) is 87.2 Å². The zero-order valence-electron chi connectivity index (χ0n) is 86.8. The highest BCUT2D eigenvalue weighted by molar-refractivity contribution is 7.81. The van der Waals surface area contributed by atoms with Crippen LogP contribution in [0, 0.1) is 0 Å². The molecule has 0 spiro atoms. The lowest BCUT2D eigenvalue weighted by atomic mass is 10.1. The van der Waals surface area contributed by atoms with Crippen LogP contribution in [-0.4, -0.2) is 326 Å². The Kier molecular flexibility index (Phi) is 45.8. The van der Waals surface area contributed by atoms with Crippen molar-refractivity contribution in [2.75, 3.05) is 158 Å². The lowest BCUT2D eigenvalue weighted by Crippen LogP contribution is -2.48. The number of halogens is 2. The third kappa shape index (κ3) is 42.4. The Balaban J connectivity index is 0.000000189. The Labute approximate surface area is 866 Å². The van der Waals surface area contributed by atoms with Crippen LogP contribution < -0.4 is 110 Å². The summed E-state index contributed by atoms with van der Waals surface area (Å²) in [7, 11) is -9.02. The van der Waals surface area contributed by atoms with Gasteiger partial charge in [0.1, 0.15) is 13.5 Å². The molecule has 58 heteroatoms. The summed E-state index contributed by atoms with van der Waals surface area (Å²) >= 11 is 0. The van der Waals surface area contributed by atoms with Gasteiger partial charge in [-0.15, -0.1) is 65.5 Å².